The van der Waals surface area contributed by atoms with Crippen LogP contribution in [0.5, 0.6) is 0 Å². The minimum Gasteiger partial charge on any atom is -0.379 e. The van der Waals surface area contributed by atoms with Crippen molar-refractivity contribution in [2.24, 2.45) is 0 Å². The molecular formula is C9H19O4P. The molecular weight excluding hydrogens is 203 g/mol. The predicted octanol–water partition coefficient (Wildman–Crippen LogP) is 1.73. The van der Waals surface area contributed by atoms with Gasteiger partial charge in [-0.25, -0.2) is 0 Å². The lowest BCUT2D eigenvalue weighted by molar-refractivity contribution is -0.0239. The summed E-state index contributed by atoms with van der Waals surface area (Å²) in [7, 11) is -0.747. The Bertz CT molecular complexity index is 225. The van der Waals surface area contributed by atoms with Gasteiger partial charge in [-0.1, -0.05) is 0 Å². The van der Waals surface area contributed by atoms with Crippen LogP contribution >= 0.6 is 7.37 Å². The van der Waals surface area contributed by atoms with E-state index in [1.807, 2.05) is 6.92 Å². The van der Waals surface area contributed by atoms with E-state index in [2.05, 4.69) is 0 Å². The second-order valence-electron chi connectivity index (χ2n) is 4.04. The fraction of sp³-hybridized carbons (Fsp3) is 1.00. The van der Waals surface area contributed by atoms with Crippen molar-refractivity contribution in [1.29, 1.82) is 0 Å². The smallest absolute Gasteiger partial charge is 0.197 e. The molecule has 0 N–H and O–H groups in total. The highest BCUT2D eigenvalue weighted by atomic mass is 31.2. The van der Waals surface area contributed by atoms with Crippen molar-refractivity contribution in [2.45, 2.75) is 31.7 Å². The summed E-state index contributed by atoms with van der Waals surface area (Å²) in [6.07, 6.45) is 1.06. The molecule has 0 aromatic rings. The Morgan fingerprint density at radius 2 is 2.14 bits per heavy atom. The molecule has 0 aliphatic carbocycles. The maximum Gasteiger partial charge on any atom is 0.197 e. The molecule has 5 heteroatoms. The van der Waals surface area contributed by atoms with Crippen LogP contribution in [-0.4, -0.2) is 45.4 Å². The normalized spacial score (nSPS) is 33.6. The molecule has 4 nitrogen and oxygen atoms in total. The fourth-order valence-electron chi connectivity index (χ4n) is 1.57. The van der Waals surface area contributed by atoms with Crippen LogP contribution in [0.3, 0.4) is 0 Å². The largest absolute Gasteiger partial charge is 0.379 e. The van der Waals surface area contributed by atoms with Crippen LogP contribution in [0.4, 0.5) is 0 Å². The first-order valence-electron chi connectivity index (χ1n) is 4.80. The van der Waals surface area contributed by atoms with Crippen molar-refractivity contribution in [2.75, 3.05) is 27.0 Å². The average molecular weight is 222 g/mol. The van der Waals surface area contributed by atoms with Crippen molar-refractivity contribution in [3.05, 3.63) is 0 Å². The predicted molar refractivity (Wildman–Crippen MR) is 55.2 cm³/mol. The molecule has 14 heavy (non-hydrogen) atoms. The molecule has 1 aliphatic heterocycles. The van der Waals surface area contributed by atoms with E-state index in [1.54, 1.807) is 20.4 Å². The van der Waals surface area contributed by atoms with Crippen molar-refractivity contribution >= 4 is 7.37 Å². The van der Waals surface area contributed by atoms with Gasteiger partial charge in [-0.15, -0.1) is 0 Å². The maximum atomic E-state index is 11.3. The van der Waals surface area contributed by atoms with Crippen LogP contribution in [0.2, 0.25) is 0 Å². The van der Waals surface area contributed by atoms with Gasteiger partial charge in [-0.3, -0.25) is 4.57 Å². The Hall–Kier alpha value is 0.110. The lowest BCUT2D eigenvalue weighted by Crippen LogP contribution is -2.27. The lowest BCUT2D eigenvalue weighted by atomic mass is 10.1. The van der Waals surface area contributed by atoms with E-state index in [4.69, 9.17) is 14.0 Å². The monoisotopic (exact) mass is 222 g/mol. The standard InChI is InChI=1S/C9H19O4P/c1-7-5-8(11-2)9(13-7)6-12-14(3,4)10/h7-9H,5-6H2,1-4H3. The number of methoxy groups -OCH3 is 1. The summed E-state index contributed by atoms with van der Waals surface area (Å²) in [5.41, 5.74) is 0. The van der Waals surface area contributed by atoms with E-state index in [0.29, 0.717) is 6.61 Å². The first-order chi connectivity index (χ1) is 6.42. The molecule has 84 valence electrons. The second-order valence-corrected chi connectivity index (χ2v) is 6.81. The molecule has 1 fully saturated rings. The summed E-state index contributed by atoms with van der Waals surface area (Å²) in [5, 5.41) is 0. The van der Waals surface area contributed by atoms with Gasteiger partial charge in [-0.05, 0) is 6.92 Å². The number of ether oxygens (including phenoxy) is 2. The van der Waals surface area contributed by atoms with Gasteiger partial charge in [-0.2, -0.15) is 0 Å². The molecule has 0 spiro atoms. The zero-order valence-corrected chi connectivity index (χ0v) is 10.1. The highest BCUT2D eigenvalue weighted by Gasteiger charge is 2.33. The molecule has 0 aromatic heterocycles. The van der Waals surface area contributed by atoms with Gasteiger partial charge in [0, 0.05) is 26.9 Å². The Labute approximate surface area is 85.4 Å². The number of rotatable bonds is 4. The van der Waals surface area contributed by atoms with E-state index in [1.165, 1.54) is 0 Å². The summed E-state index contributed by atoms with van der Waals surface area (Å²) in [6.45, 7) is 5.57. The minimum atomic E-state index is -2.41. The molecule has 1 saturated heterocycles. The van der Waals surface area contributed by atoms with Gasteiger partial charge in [0.05, 0.1) is 18.8 Å². The third-order valence-corrected chi connectivity index (χ3v) is 3.01. The maximum absolute atomic E-state index is 11.3. The summed E-state index contributed by atoms with van der Waals surface area (Å²) >= 11 is 0. The minimum absolute atomic E-state index is 0.0662. The average Bonchev–Trinajstić information content (AvgIpc) is 2.41. The van der Waals surface area contributed by atoms with Gasteiger partial charge in [0.15, 0.2) is 7.37 Å². The van der Waals surface area contributed by atoms with Crippen molar-refractivity contribution < 1.29 is 18.6 Å². The van der Waals surface area contributed by atoms with Gasteiger partial charge >= 0.3 is 0 Å². The summed E-state index contributed by atoms with van der Waals surface area (Å²) in [5.74, 6) is 0. The molecule has 3 atom stereocenters. The molecule has 1 aliphatic rings. The molecule has 0 saturated carbocycles. The zero-order chi connectivity index (χ0) is 10.8. The van der Waals surface area contributed by atoms with E-state index in [0.717, 1.165) is 6.42 Å². The highest BCUT2D eigenvalue weighted by molar-refractivity contribution is 7.57. The topological polar surface area (TPSA) is 44.8 Å². The highest BCUT2D eigenvalue weighted by Crippen LogP contribution is 2.38. The van der Waals surface area contributed by atoms with Gasteiger partial charge in [0.25, 0.3) is 0 Å². The Balaban J connectivity index is 2.40. The Kier molecular flexibility index (Phi) is 4.14. The van der Waals surface area contributed by atoms with E-state index in [-0.39, 0.29) is 18.3 Å². The van der Waals surface area contributed by atoms with Crippen molar-refractivity contribution in [1.82, 2.24) is 0 Å². The van der Waals surface area contributed by atoms with Crippen LogP contribution in [0.1, 0.15) is 13.3 Å². The molecule has 0 aromatic carbocycles. The van der Waals surface area contributed by atoms with Crippen LogP contribution in [0, 0.1) is 0 Å². The van der Waals surface area contributed by atoms with Crippen molar-refractivity contribution in [3.8, 4) is 0 Å². The van der Waals surface area contributed by atoms with E-state index in [9.17, 15) is 4.57 Å². The molecule has 0 amide bonds. The zero-order valence-electron chi connectivity index (χ0n) is 9.23. The fourth-order valence-corrected chi connectivity index (χ4v) is 2.07. The van der Waals surface area contributed by atoms with E-state index >= 15 is 0 Å². The first kappa shape index (κ1) is 12.2. The first-order valence-corrected chi connectivity index (χ1v) is 7.32. The van der Waals surface area contributed by atoms with Crippen LogP contribution in [0.15, 0.2) is 0 Å². The lowest BCUT2D eigenvalue weighted by Gasteiger charge is -2.18. The van der Waals surface area contributed by atoms with Crippen LogP contribution in [-0.2, 0) is 18.6 Å². The van der Waals surface area contributed by atoms with Crippen LogP contribution < -0.4 is 0 Å². The molecule has 3 unspecified atom stereocenters. The quantitative estimate of drug-likeness (QED) is 0.679. The van der Waals surface area contributed by atoms with Gasteiger partial charge in [0.1, 0.15) is 6.10 Å². The molecule has 0 bridgehead atoms. The van der Waals surface area contributed by atoms with Gasteiger partial charge < -0.3 is 14.0 Å². The second kappa shape index (κ2) is 4.75. The van der Waals surface area contributed by atoms with Crippen LogP contribution in [0.25, 0.3) is 0 Å². The summed E-state index contributed by atoms with van der Waals surface area (Å²) in [4.78, 5) is 0. The van der Waals surface area contributed by atoms with Gasteiger partial charge in [0.2, 0.25) is 0 Å². The summed E-state index contributed by atoms with van der Waals surface area (Å²) in [6, 6.07) is 0. The summed E-state index contributed by atoms with van der Waals surface area (Å²) < 4.78 is 27.4. The third kappa shape index (κ3) is 3.70. The molecule has 1 heterocycles. The van der Waals surface area contributed by atoms with E-state index < -0.39 is 7.37 Å². The SMILES string of the molecule is COC1CC(C)OC1COP(C)(C)=O. The number of hydrogen-bond donors (Lipinski definition) is 0. The Morgan fingerprint density at radius 1 is 1.50 bits per heavy atom. The molecule has 0 radical (unpaired) electrons. The van der Waals surface area contributed by atoms with Crippen molar-refractivity contribution in [3.63, 3.8) is 0 Å². The number of hydrogen-bond acceptors (Lipinski definition) is 4. The third-order valence-electron chi connectivity index (χ3n) is 2.24. The molecule has 1 rings (SSSR count). The Morgan fingerprint density at radius 3 is 2.64 bits per heavy atom.